The third-order valence-corrected chi connectivity index (χ3v) is 1.93. The Morgan fingerprint density at radius 1 is 1.21 bits per heavy atom. The smallest absolute Gasteiger partial charge is 0.224 e. The zero-order valence-corrected chi connectivity index (χ0v) is 7.35. The lowest BCUT2D eigenvalue weighted by Gasteiger charge is -2.08. The number of carbonyl (C=O) groups is 1. The number of nitrogens with two attached hydrogens (primary N) is 1. The van der Waals surface area contributed by atoms with Crippen molar-refractivity contribution in [3.63, 3.8) is 0 Å². The Balaban J connectivity index is 3.22. The molecule has 0 saturated heterocycles. The van der Waals surface area contributed by atoms with Crippen molar-refractivity contribution in [1.82, 2.24) is 0 Å². The molecule has 1 rings (SSSR count). The number of hydrogen-bond acceptors (Lipinski definition) is 1. The molecule has 1 unspecified atom stereocenters. The topological polar surface area (TPSA) is 43.1 Å². The summed E-state index contributed by atoms with van der Waals surface area (Å²) in [5.74, 6) is -5.24. The summed E-state index contributed by atoms with van der Waals surface area (Å²) in [6.45, 7) is 1.32. The first kappa shape index (κ1) is 10.6. The molecule has 0 aliphatic rings. The molecule has 2 nitrogen and oxygen atoms in total. The van der Waals surface area contributed by atoms with Gasteiger partial charge in [-0.25, -0.2) is 13.2 Å². The van der Waals surface area contributed by atoms with Crippen LogP contribution in [0.15, 0.2) is 12.1 Å². The van der Waals surface area contributed by atoms with E-state index in [-0.39, 0.29) is 5.56 Å². The van der Waals surface area contributed by atoms with E-state index in [9.17, 15) is 18.0 Å². The number of hydrogen-bond donors (Lipinski definition) is 1. The van der Waals surface area contributed by atoms with Crippen molar-refractivity contribution in [2.45, 2.75) is 12.8 Å². The van der Waals surface area contributed by atoms with E-state index in [0.717, 1.165) is 0 Å². The van der Waals surface area contributed by atoms with E-state index in [1.54, 1.807) is 0 Å². The van der Waals surface area contributed by atoms with Gasteiger partial charge >= 0.3 is 0 Å². The van der Waals surface area contributed by atoms with Crippen LogP contribution >= 0.6 is 0 Å². The van der Waals surface area contributed by atoms with Gasteiger partial charge in [-0.1, -0.05) is 0 Å². The van der Waals surface area contributed by atoms with Crippen molar-refractivity contribution in [2.24, 2.45) is 5.73 Å². The highest BCUT2D eigenvalue weighted by Crippen LogP contribution is 2.21. The van der Waals surface area contributed by atoms with Crippen LogP contribution in [-0.2, 0) is 4.79 Å². The molecule has 0 aromatic heterocycles. The zero-order valence-electron chi connectivity index (χ0n) is 7.35. The first-order chi connectivity index (χ1) is 6.43. The lowest BCUT2D eigenvalue weighted by atomic mass is 10.00. The van der Waals surface area contributed by atoms with Crippen LogP contribution in [0.5, 0.6) is 0 Å². The number of primary amides is 1. The van der Waals surface area contributed by atoms with E-state index in [1.165, 1.54) is 6.92 Å². The first-order valence-electron chi connectivity index (χ1n) is 3.87. The molecule has 0 aliphatic carbocycles. The predicted octanol–water partition coefficient (Wildman–Crippen LogP) is 1.69. The minimum atomic E-state index is -1.29. The third-order valence-electron chi connectivity index (χ3n) is 1.93. The van der Waals surface area contributed by atoms with Gasteiger partial charge < -0.3 is 5.73 Å². The lowest BCUT2D eigenvalue weighted by molar-refractivity contribution is -0.119. The Labute approximate surface area is 78.5 Å². The molecule has 1 aromatic carbocycles. The highest BCUT2D eigenvalue weighted by atomic mass is 19.2. The number of benzene rings is 1. The number of amides is 1. The first-order valence-corrected chi connectivity index (χ1v) is 3.87. The molecular weight excluding hydrogens is 195 g/mol. The summed E-state index contributed by atoms with van der Waals surface area (Å²) in [5, 5.41) is 0. The van der Waals surface area contributed by atoms with Crippen molar-refractivity contribution in [3.8, 4) is 0 Å². The standard InChI is InChI=1S/C9H8F3NO/c1-4(9(13)14)5-2-7(11)8(12)3-6(5)10/h2-4H,1H3,(H2,13,14). The maximum Gasteiger partial charge on any atom is 0.224 e. The molecular formula is C9H8F3NO. The van der Waals surface area contributed by atoms with Gasteiger partial charge in [0.05, 0.1) is 5.92 Å². The van der Waals surface area contributed by atoms with Gasteiger partial charge in [0.1, 0.15) is 5.82 Å². The van der Waals surface area contributed by atoms with Gasteiger partial charge in [0.2, 0.25) is 5.91 Å². The molecule has 0 bridgehead atoms. The van der Waals surface area contributed by atoms with Gasteiger partial charge in [-0.3, -0.25) is 4.79 Å². The summed E-state index contributed by atoms with van der Waals surface area (Å²) in [4.78, 5) is 10.7. The van der Waals surface area contributed by atoms with E-state index >= 15 is 0 Å². The molecule has 14 heavy (non-hydrogen) atoms. The minimum Gasteiger partial charge on any atom is -0.369 e. The lowest BCUT2D eigenvalue weighted by Crippen LogP contribution is -2.20. The normalized spacial score (nSPS) is 12.6. The molecule has 1 atom stereocenters. The Kier molecular flexibility index (Phi) is 2.78. The van der Waals surface area contributed by atoms with Crippen molar-refractivity contribution < 1.29 is 18.0 Å². The molecule has 5 heteroatoms. The summed E-state index contributed by atoms with van der Waals surface area (Å²) < 4.78 is 38.2. The summed E-state index contributed by atoms with van der Waals surface area (Å²) in [6.07, 6.45) is 0. The van der Waals surface area contributed by atoms with Crippen molar-refractivity contribution in [1.29, 1.82) is 0 Å². The van der Waals surface area contributed by atoms with E-state index in [4.69, 9.17) is 5.73 Å². The average molecular weight is 203 g/mol. The predicted molar refractivity (Wildman–Crippen MR) is 43.9 cm³/mol. The molecule has 1 aromatic rings. The summed E-state index contributed by atoms with van der Waals surface area (Å²) in [5.41, 5.74) is 4.66. The van der Waals surface area contributed by atoms with Gasteiger partial charge in [-0.05, 0) is 13.0 Å². The molecule has 0 aliphatic heterocycles. The van der Waals surface area contributed by atoms with Gasteiger partial charge in [-0.2, -0.15) is 0 Å². The van der Waals surface area contributed by atoms with Crippen LogP contribution < -0.4 is 5.73 Å². The Morgan fingerprint density at radius 2 is 1.71 bits per heavy atom. The van der Waals surface area contributed by atoms with Gasteiger partial charge in [0.15, 0.2) is 11.6 Å². The quantitative estimate of drug-likeness (QED) is 0.730. The van der Waals surface area contributed by atoms with Gasteiger partial charge in [0.25, 0.3) is 0 Å². The zero-order chi connectivity index (χ0) is 10.9. The fourth-order valence-electron chi connectivity index (χ4n) is 1.02. The molecule has 2 N–H and O–H groups in total. The van der Waals surface area contributed by atoms with Crippen LogP contribution in [0.25, 0.3) is 0 Å². The highest BCUT2D eigenvalue weighted by molar-refractivity contribution is 5.81. The Hall–Kier alpha value is -1.52. The van der Waals surface area contributed by atoms with E-state index < -0.39 is 29.3 Å². The van der Waals surface area contributed by atoms with Gasteiger partial charge in [0, 0.05) is 11.6 Å². The van der Waals surface area contributed by atoms with E-state index in [0.29, 0.717) is 12.1 Å². The molecule has 0 heterocycles. The van der Waals surface area contributed by atoms with Crippen LogP contribution in [0.3, 0.4) is 0 Å². The third kappa shape index (κ3) is 1.86. The summed E-state index contributed by atoms with van der Waals surface area (Å²) >= 11 is 0. The molecule has 0 spiro atoms. The van der Waals surface area contributed by atoms with Crippen molar-refractivity contribution in [3.05, 3.63) is 35.1 Å². The second-order valence-electron chi connectivity index (χ2n) is 2.91. The monoisotopic (exact) mass is 203 g/mol. The van der Waals surface area contributed by atoms with Crippen LogP contribution in [0.4, 0.5) is 13.2 Å². The fourth-order valence-corrected chi connectivity index (χ4v) is 1.02. The van der Waals surface area contributed by atoms with E-state index in [2.05, 4.69) is 0 Å². The average Bonchev–Trinajstić information content (AvgIpc) is 2.10. The summed E-state index contributed by atoms with van der Waals surface area (Å²) in [6, 6.07) is 1.03. The van der Waals surface area contributed by atoms with E-state index in [1.807, 2.05) is 0 Å². The molecule has 1 amide bonds. The molecule has 0 saturated carbocycles. The number of carbonyl (C=O) groups excluding carboxylic acids is 1. The van der Waals surface area contributed by atoms with Crippen LogP contribution in [-0.4, -0.2) is 5.91 Å². The fraction of sp³-hybridized carbons (Fsp3) is 0.222. The number of rotatable bonds is 2. The molecule has 0 fully saturated rings. The maximum atomic E-state index is 13.0. The van der Waals surface area contributed by atoms with Crippen LogP contribution in [0, 0.1) is 17.5 Å². The second-order valence-corrected chi connectivity index (χ2v) is 2.91. The van der Waals surface area contributed by atoms with Crippen molar-refractivity contribution in [2.75, 3.05) is 0 Å². The molecule has 0 radical (unpaired) electrons. The number of halogens is 3. The largest absolute Gasteiger partial charge is 0.369 e. The highest BCUT2D eigenvalue weighted by Gasteiger charge is 2.18. The summed E-state index contributed by atoms with van der Waals surface area (Å²) in [7, 11) is 0. The SMILES string of the molecule is CC(C(N)=O)c1cc(F)c(F)cc1F. The van der Waals surface area contributed by atoms with Crippen LogP contribution in [0.1, 0.15) is 18.4 Å². The second kappa shape index (κ2) is 3.69. The Bertz CT molecular complexity index is 379. The minimum absolute atomic E-state index is 0.239. The van der Waals surface area contributed by atoms with Gasteiger partial charge in [-0.15, -0.1) is 0 Å². The maximum absolute atomic E-state index is 13.0. The molecule has 76 valence electrons. The van der Waals surface area contributed by atoms with Crippen LogP contribution in [0.2, 0.25) is 0 Å². The Morgan fingerprint density at radius 3 is 2.21 bits per heavy atom. The van der Waals surface area contributed by atoms with Crippen molar-refractivity contribution >= 4 is 5.91 Å².